The van der Waals surface area contributed by atoms with Crippen LogP contribution in [0.5, 0.6) is 0 Å². The molecule has 0 spiro atoms. The van der Waals surface area contributed by atoms with Gasteiger partial charge in [0.05, 0.1) is 17.9 Å². The van der Waals surface area contributed by atoms with Crippen LogP contribution in [0.25, 0.3) is 0 Å². The first-order valence-electron chi connectivity index (χ1n) is 5.96. The Bertz CT molecular complexity index is 555. The van der Waals surface area contributed by atoms with Gasteiger partial charge in [-0.3, -0.25) is 5.84 Å². The normalized spacial score (nSPS) is 12.6. The molecule has 0 aliphatic rings. The van der Waals surface area contributed by atoms with Crippen LogP contribution >= 0.6 is 31.9 Å². The third-order valence-electron chi connectivity index (χ3n) is 2.82. The summed E-state index contributed by atoms with van der Waals surface area (Å²) in [5, 5.41) is 8.07. The maximum absolute atomic E-state index is 5.72. The molecular weight excluding hydrogens is 374 g/mol. The fourth-order valence-electron chi connectivity index (χ4n) is 1.94. The number of rotatable bonds is 5. The first-order valence-corrected chi connectivity index (χ1v) is 7.55. The van der Waals surface area contributed by atoms with E-state index in [-0.39, 0.29) is 6.04 Å². The summed E-state index contributed by atoms with van der Waals surface area (Å²) in [6, 6.07) is 5.84. The number of benzene rings is 1. The lowest BCUT2D eigenvalue weighted by atomic mass is 10.0. The molecule has 0 aliphatic heterocycles. The van der Waals surface area contributed by atoms with Crippen LogP contribution < -0.4 is 11.3 Å². The summed E-state index contributed by atoms with van der Waals surface area (Å²) in [6.07, 6.45) is 2.74. The summed E-state index contributed by atoms with van der Waals surface area (Å²) < 4.78 is 3.87. The van der Waals surface area contributed by atoms with Gasteiger partial charge in [0.1, 0.15) is 0 Å². The van der Waals surface area contributed by atoms with Gasteiger partial charge >= 0.3 is 0 Å². The maximum atomic E-state index is 5.72. The van der Waals surface area contributed by atoms with E-state index in [2.05, 4.69) is 54.5 Å². The molecule has 19 heavy (non-hydrogen) atoms. The Morgan fingerprint density at radius 2 is 2.21 bits per heavy atom. The van der Waals surface area contributed by atoms with Gasteiger partial charge in [-0.2, -0.15) is 0 Å². The summed E-state index contributed by atoms with van der Waals surface area (Å²) in [5.74, 6) is 5.72. The molecule has 5 nitrogen and oxygen atoms in total. The fraction of sp³-hybridized carbons (Fsp3) is 0.333. The average Bonchev–Trinajstić information content (AvgIpc) is 2.82. The Hall–Kier alpha value is -0.760. The lowest BCUT2D eigenvalue weighted by molar-refractivity contribution is 0.511. The van der Waals surface area contributed by atoms with Crippen LogP contribution in [0.15, 0.2) is 33.3 Å². The van der Waals surface area contributed by atoms with E-state index in [0.717, 1.165) is 33.2 Å². The van der Waals surface area contributed by atoms with Gasteiger partial charge in [0.25, 0.3) is 0 Å². The number of hydrogen-bond acceptors (Lipinski definition) is 4. The third kappa shape index (κ3) is 3.22. The largest absolute Gasteiger partial charge is 0.271 e. The zero-order valence-corrected chi connectivity index (χ0v) is 13.6. The van der Waals surface area contributed by atoms with E-state index < -0.39 is 0 Å². The number of hydrazine groups is 1. The van der Waals surface area contributed by atoms with Crippen molar-refractivity contribution in [2.24, 2.45) is 5.84 Å². The fourth-order valence-corrected chi connectivity index (χ4v) is 3.22. The maximum Gasteiger partial charge on any atom is 0.0905 e. The van der Waals surface area contributed by atoms with Crippen LogP contribution in [0.3, 0.4) is 0 Å². The van der Waals surface area contributed by atoms with Crippen LogP contribution in [-0.4, -0.2) is 15.0 Å². The minimum absolute atomic E-state index is 0.149. The first-order chi connectivity index (χ1) is 9.17. The quantitative estimate of drug-likeness (QED) is 0.610. The van der Waals surface area contributed by atoms with Gasteiger partial charge in [0.2, 0.25) is 0 Å². The van der Waals surface area contributed by atoms with Gasteiger partial charge in [-0.1, -0.05) is 50.1 Å². The minimum atomic E-state index is -0.149. The standard InChI is InChI=1S/C12H15Br2N5/c1-2-5-19-11(7-16-18-19)12(17-15)9-4-3-8(13)6-10(9)14/h3-4,6-7,12,17H,2,5,15H2,1H3. The Labute approximate surface area is 128 Å². The van der Waals surface area contributed by atoms with Gasteiger partial charge in [-0.25, -0.2) is 10.1 Å². The Kier molecular flexibility index (Phi) is 5.09. The van der Waals surface area contributed by atoms with Gasteiger partial charge in [-0.05, 0) is 24.1 Å². The topological polar surface area (TPSA) is 68.8 Å². The molecule has 7 heteroatoms. The number of hydrogen-bond donors (Lipinski definition) is 2. The molecule has 1 heterocycles. The van der Waals surface area contributed by atoms with E-state index in [1.165, 1.54) is 0 Å². The highest BCUT2D eigenvalue weighted by atomic mass is 79.9. The summed E-state index contributed by atoms with van der Waals surface area (Å²) in [5.41, 5.74) is 4.83. The molecule has 0 saturated heterocycles. The van der Waals surface area contributed by atoms with E-state index in [4.69, 9.17) is 5.84 Å². The third-order valence-corrected chi connectivity index (χ3v) is 4.00. The number of aromatic nitrogens is 3. The summed E-state index contributed by atoms with van der Waals surface area (Å²) in [4.78, 5) is 0. The summed E-state index contributed by atoms with van der Waals surface area (Å²) in [7, 11) is 0. The summed E-state index contributed by atoms with van der Waals surface area (Å²) in [6.45, 7) is 2.92. The molecule has 0 bridgehead atoms. The predicted molar refractivity (Wildman–Crippen MR) is 81.3 cm³/mol. The van der Waals surface area contributed by atoms with Gasteiger partial charge in [0, 0.05) is 15.5 Å². The van der Waals surface area contributed by atoms with Gasteiger partial charge < -0.3 is 0 Å². The predicted octanol–water partition coefficient (Wildman–Crippen LogP) is 2.77. The van der Waals surface area contributed by atoms with Crippen molar-refractivity contribution in [2.75, 3.05) is 0 Å². The second-order valence-corrected chi connectivity index (χ2v) is 5.92. The zero-order chi connectivity index (χ0) is 13.8. The van der Waals surface area contributed by atoms with Crippen molar-refractivity contribution in [3.05, 3.63) is 44.6 Å². The molecule has 1 unspecified atom stereocenters. The van der Waals surface area contributed by atoms with Crippen molar-refractivity contribution in [1.29, 1.82) is 0 Å². The van der Waals surface area contributed by atoms with Crippen LogP contribution in [0.1, 0.15) is 30.6 Å². The number of nitrogens with two attached hydrogens (primary N) is 1. The second-order valence-electron chi connectivity index (χ2n) is 4.15. The van der Waals surface area contributed by atoms with Crippen LogP contribution in [0.2, 0.25) is 0 Å². The highest BCUT2D eigenvalue weighted by Crippen LogP contribution is 2.30. The van der Waals surface area contributed by atoms with E-state index in [0.29, 0.717) is 0 Å². The van der Waals surface area contributed by atoms with Crippen LogP contribution in [0, 0.1) is 0 Å². The smallest absolute Gasteiger partial charge is 0.0905 e. The highest BCUT2D eigenvalue weighted by molar-refractivity contribution is 9.11. The van der Waals surface area contributed by atoms with Crippen molar-refractivity contribution in [3.63, 3.8) is 0 Å². The van der Waals surface area contributed by atoms with E-state index >= 15 is 0 Å². The van der Waals surface area contributed by atoms with E-state index in [1.54, 1.807) is 6.20 Å². The average molecular weight is 389 g/mol. The summed E-state index contributed by atoms with van der Waals surface area (Å²) >= 11 is 7.01. The molecule has 0 radical (unpaired) electrons. The van der Waals surface area contributed by atoms with Crippen molar-refractivity contribution >= 4 is 31.9 Å². The van der Waals surface area contributed by atoms with Crippen LogP contribution in [-0.2, 0) is 6.54 Å². The van der Waals surface area contributed by atoms with Crippen molar-refractivity contribution in [2.45, 2.75) is 25.9 Å². The molecule has 0 aliphatic carbocycles. The molecule has 0 saturated carbocycles. The molecule has 0 fully saturated rings. The molecule has 1 aromatic heterocycles. The second kappa shape index (κ2) is 6.60. The van der Waals surface area contributed by atoms with Crippen LogP contribution in [0.4, 0.5) is 0 Å². The molecule has 3 N–H and O–H groups in total. The van der Waals surface area contributed by atoms with Crippen molar-refractivity contribution in [1.82, 2.24) is 20.4 Å². The molecule has 0 amide bonds. The lowest BCUT2D eigenvalue weighted by Gasteiger charge is -2.18. The minimum Gasteiger partial charge on any atom is -0.271 e. The van der Waals surface area contributed by atoms with Crippen molar-refractivity contribution in [3.8, 4) is 0 Å². The molecule has 2 aromatic rings. The zero-order valence-electron chi connectivity index (χ0n) is 10.5. The molecule has 1 atom stereocenters. The first kappa shape index (κ1) is 14.6. The van der Waals surface area contributed by atoms with Crippen molar-refractivity contribution < 1.29 is 0 Å². The number of nitrogens with one attached hydrogen (secondary N) is 1. The Balaban J connectivity index is 2.41. The Morgan fingerprint density at radius 3 is 2.84 bits per heavy atom. The number of aryl methyl sites for hydroxylation is 1. The van der Waals surface area contributed by atoms with Gasteiger partial charge in [0.15, 0.2) is 0 Å². The van der Waals surface area contributed by atoms with E-state index in [9.17, 15) is 0 Å². The molecular formula is C12H15Br2N5. The number of nitrogens with zero attached hydrogens (tertiary/aromatic N) is 3. The van der Waals surface area contributed by atoms with Gasteiger partial charge in [-0.15, -0.1) is 5.10 Å². The van der Waals surface area contributed by atoms with E-state index in [1.807, 2.05) is 22.9 Å². The lowest BCUT2D eigenvalue weighted by Crippen LogP contribution is -2.31. The SMILES string of the molecule is CCCn1nncc1C(NN)c1ccc(Br)cc1Br. The highest BCUT2D eigenvalue weighted by Gasteiger charge is 2.20. The number of halogens is 2. The molecule has 1 aromatic carbocycles. The monoisotopic (exact) mass is 387 g/mol. The Morgan fingerprint density at radius 1 is 1.42 bits per heavy atom. The molecule has 102 valence electrons. The molecule has 2 rings (SSSR count).